The molecule has 0 aromatic carbocycles. The summed E-state index contributed by atoms with van der Waals surface area (Å²) >= 11 is 0. The first-order chi connectivity index (χ1) is 8.54. The first-order valence-electron chi connectivity index (χ1n) is 6.64. The predicted molar refractivity (Wildman–Crippen MR) is 65.8 cm³/mol. The molecule has 0 aromatic heterocycles. The van der Waals surface area contributed by atoms with Crippen LogP contribution in [0.1, 0.15) is 46.5 Å². The molecule has 2 fully saturated rings. The van der Waals surface area contributed by atoms with Gasteiger partial charge in [-0.25, -0.2) is 4.79 Å². The Labute approximate surface area is 107 Å². The smallest absolute Gasteiger partial charge is 0.338 e. The predicted octanol–water partition coefficient (Wildman–Crippen LogP) is 2.37. The molecule has 0 bridgehead atoms. The number of rotatable bonds is 1. The Hall–Kier alpha value is -1.16. The Morgan fingerprint density at radius 2 is 2.17 bits per heavy atom. The third-order valence-corrected chi connectivity index (χ3v) is 3.96. The van der Waals surface area contributed by atoms with Crippen molar-refractivity contribution in [2.24, 2.45) is 5.92 Å². The van der Waals surface area contributed by atoms with Gasteiger partial charge in [0, 0.05) is 12.8 Å². The Balaban J connectivity index is 2.30. The Morgan fingerprint density at radius 1 is 1.44 bits per heavy atom. The van der Waals surface area contributed by atoms with Crippen LogP contribution in [0.3, 0.4) is 0 Å². The standard InChI is InChI=1S/C14H20O4/c1-4-10-12(5-2)17-14(18-13(10)16)8-6-7-11(15)9(14)3/h4,9,12H,5-8H2,1-3H3/b10-4-. The minimum atomic E-state index is -1.03. The lowest BCUT2D eigenvalue weighted by Crippen LogP contribution is -2.55. The van der Waals surface area contributed by atoms with E-state index in [0.717, 1.165) is 6.42 Å². The van der Waals surface area contributed by atoms with Crippen molar-refractivity contribution in [2.75, 3.05) is 0 Å². The van der Waals surface area contributed by atoms with Gasteiger partial charge in [0.1, 0.15) is 5.78 Å². The summed E-state index contributed by atoms with van der Waals surface area (Å²) < 4.78 is 11.5. The third-order valence-electron chi connectivity index (χ3n) is 3.96. The minimum absolute atomic E-state index is 0.118. The first kappa shape index (κ1) is 13.3. The fourth-order valence-electron chi connectivity index (χ4n) is 2.77. The summed E-state index contributed by atoms with van der Waals surface area (Å²) in [6, 6.07) is 0. The number of esters is 1. The van der Waals surface area contributed by atoms with Crippen molar-refractivity contribution in [2.45, 2.75) is 58.3 Å². The second-order valence-electron chi connectivity index (χ2n) is 5.00. The zero-order chi connectivity index (χ0) is 13.3. The highest BCUT2D eigenvalue weighted by molar-refractivity contribution is 5.91. The molecule has 3 unspecified atom stereocenters. The lowest BCUT2D eigenvalue weighted by molar-refractivity contribution is -0.284. The van der Waals surface area contributed by atoms with E-state index in [2.05, 4.69) is 0 Å². The number of ketones is 1. The minimum Gasteiger partial charge on any atom is -0.429 e. The van der Waals surface area contributed by atoms with Crippen molar-refractivity contribution < 1.29 is 19.1 Å². The third kappa shape index (κ3) is 1.99. The lowest BCUT2D eigenvalue weighted by Gasteiger charge is -2.46. The van der Waals surface area contributed by atoms with Gasteiger partial charge in [-0.15, -0.1) is 0 Å². The number of Topliss-reactive ketones (excluding diaryl/α,β-unsaturated/α-hetero) is 1. The molecule has 2 aliphatic rings. The average molecular weight is 252 g/mol. The molecule has 1 spiro atoms. The Bertz CT molecular complexity index is 399. The summed E-state index contributed by atoms with van der Waals surface area (Å²) in [7, 11) is 0. The van der Waals surface area contributed by atoms with Gasteiger partial charge in [-0.05, 0) is 26.7 Å². The van der Waals surface area contributed by atoms with E-state index >= 15 is 0 Å². The summed E-state index contributed by atoms with van der Waals surface area (Å²) in [6.45, 7) is 5.56. The van der Waals surface area contributed by atoms with Crippen LogP contribution in [0.2, 0.25) is 0 Å². The van der Waals surface area contributed by atoms with Crippen LogP contribution in [0.15, 0.2) is 11.6 Å². The fourth-order valence-corrected chi connectivity index (χ4v) is 2.77. The number of allylic oxidation sites excluding steroid dienone is 1. The van der Waals surface area contributed by atoms with Crippen LogP contribution >= 0.6 is 0 Å². The van der Waals surface area contributed by atoms with Crippen LogP contribution in [0.5, 0.6) is 0 Å². The van der Waals surface area contributed by atoms with Crippen molar-refractivity contribution in [3.05, 3.63) is 11.6 Å². The van der Waals surface area contributed by atoms with E-state index in [-0.39, 0.29) is 23.8 Å². The van der Waals surface area contributed by atoms with Gasteiger partial charge in [-0.2, -0.15) is 0 Å². The van der Waals surface area contributed by atoms with E-state index < -0.39 is 5.79 Å². The molecule has 4 nitrogen and oxygen atoms in total. The molecule has 100 valence electrons. The van der Waals surface area contributed by atoms with E-state index in [9.17, 15) is 9.59 Å². The summed E-state index contributed by atoms with van der Waals surface area (Å²) in [5.74, 6) is -1.62. The zero-order valence-corrected chi connectivity index (χ0v) is 11.2. The normalized spacial score (nSPS) is 39.2. The van der Waals surface area contributed by atoms with Crippen LogP contribution in [-0.2, 0) is 19.1 Å². The molecule has 0 amide bonds. The van der Waals surface area contributed by atoms with Crippen molar-refractivity contribution >= 4 is 11.8 Å². The highest BCUT2D eigenvalue weighted by atomic mass is 16.7. The van der Waals surface area contributed by atoms with Gasteiger partial charge in [0.05, 0.1) is 17.6 Å². The SMILES string of the molecule is C/C=C1\C(=O)OC2(CCCC(=O)C2C)OC1CC. The highest BCUT2D eigenvalue weighted by Crippen LogP contribution is 2.41. The molecule has 0 N–H and O–H groups in total. The van der Waals surface area contributed by atoms with E-state index in [0.29, 0.717) is 24.8 Å². The highest BCUT2D eigenvalue weighted by Gasteiger charge is 2.52. The van der Waals surface area contributed by atoms with Gasteiger partial charge >= 0.3 is 5.97 Å². The van der Waals surface area contributed by atoms with Gasteiger partial charge in [0.25, 0.3) is 0 Å². The van der Waals surface area contributed by atoms with Gasteiger partial charge in [-0.1, -0.05) is 13.0 Å². The summed E-state index contributed by atoms with van der Waals surface area (Å²) in [6.07, 6.45) is 4.06. The van der Waals surface area contributed by atoms with Crippen LogP contribution in [-0.4, -0.2) is 23.6 Å². The molecule has 18 heavy (non-hydrogen) atoms. The van der Waals surface area contributed by atoms with Crippen molar-refractivity contribution in [3.8, 4) is 0 Å². The van der Waals surface area contributed by atoms with Crippen molar-refractivity contribution in [3.63, 3.8) is 0 Å². The Kier molecular flexibility index (Phi) is 3.57. The lowest BCUT2D eigenvalue weighted by atomic mass is 9.82. The molecule has 0 radical (unpaired) electrons. The van der Waals surface area contributed by atoms with Crippen LogP contribution in [0.25, 0.3) is 0 Å². The largest absolute Gasteiger partial charge is 0.429 e. The topological polar surface area (TPSA) is 52.6 Å². The molecule has 1 aliphatic carbocycles. The number of hydrogen-bond donors (Lipinski definition) is 0. The maximum Gasteiger partial charge on any atom is 0.338 e. The quantitative estimate of drug-likeness (QED) is 0.531. The summed E-state index contributed by atoms with van der Waals surface area (Å²) in [5.41, 5.74) is 0.563. The molecule has 1 aliphatic heterocycles. The molecule has 4 heteroatoms. The second-order valence-corrected chi connectivity index (χ2v) is 5.00. The van der Waals surface area contributed by atoms with Crippen LogP contribution in [0, 0.1) is 5.92 Å². The zero-order valence-electron chi connectivity index (χ0n) is 11.2. The maximum atomic E-state index is 12.0. The average Bonchev–Trinajstić information content (AvgIpc) is 2.35. The van der Waals surface area contributed by atoms with E-state index in [1.54, 1.807) is 19.9 Å². The first-order valence-corrected chi connectivity index (χ1v) is 6.64. The number of hydrogen-bond acceptors (Lipinski definition) is 4. The Morgan fingerprint density at radius 3 is 2.78 bits per heavy atom. The summed E-state index contributed by atoms with van der Waals surface area (Å²) in [5, 5.41) is 0. The monoisotopic (exact) mass is 252 g/mol. The molecular weight excluding hydrogens is 232 g/mol. The van der Waals surface area contributed by atoms with Gasteiger partial charge < -0.3 is 9.47 Å². The maximum absolute atomic E-state index is 12.0. The summed E-state index contributed by atoms with van der Waals surface area (Å²) in [4.78, 5) is 23.9. The molecule has 1 saturated carbocycles. The molecule has 0 aromatic rings. The van der Waals surface area contributed by atoms with Gasteiger partial charge in [0.2, 0.25) is 5.79 Å². The van der Waals surface area contributed by atoms with E-state index in [1.807, 2.05) is 6.92 Å². The van der Waals surface area contributed by atoms with E-state index in [1.165, 1.54) is 0 Å². The molecule has 1 saturated heterocycles. The van der Waals surface area contributed by atoms with Gasteiger partial charge in [0.15, 0.2) is 0 Å². The molecule has 3 atom stereocenters. The molecule has 2 rings (SSSR count). The number of ether oxygens (including phenoxy) is 2. The van der Waals surface area contributed by atoms with E-state index in [4.69, 9.17) is 9.47 Å². The van der Waals surface area contributed by atoms with Crippen molar-refractivity contribution in [1.82, 2.24) is 0 Å². The molecular formula is C14H20O4. The van der Waals surface area contributed by atoms with Crippen molar-refractivity contribution in [1.29, 1.82) is 0 Å². The fraction of sp³-hybridized carbons (Fsp3) is 0.714. The number of carbonyl (C=O) groups is 2. The number of carbonyl (C=O) groups excluding carboxylic acids is 2. The van der Waals surface area contributed by atoms with Crippen LogP contribution < -0.4 is 0 Å². The second kappa shape index (κ2) is 4.84. The van der Waals surface area contributed by atoms with Gasteiger partial charge in [-0.3, -0.25) is 4.79 Å². The van der Waals surface area contributed by atoms with Crippen LogP contribution in [0.4, 0.5) is 0 Å². The molecule has 1 heterocycles.